The highest BCUT2D eigenvalue weighted by molar-refractivity contribution is 6.04. The van der Waals surface area contributed by atoms with Crippen molar-refractivity contribution in [3.63, 3.8) is 0 Å². The molecule has 0 atom stereocenters. The molecule has 2 aliphatic rings. The number of amides is 4. The van der Waals surface area contributed by atoms with Crippen LogP contribution in [0.5, 0.6) is 0 Å². The minimum atomic E-state index is -0.388. The molecule has 36 heavy (non-hydrogen) atoms. The van der Waals surface area contributed by atoms with Crippen LogP contribution in [-0.4, -0.2) is 44.1 Å². The van der Waals surface area contributed by atoms with E-state index in [2.05, 4.69) is 42.2 Å². The van der Waals surface area contributed by atoms with Crippen molar-refractivity contribution in [2.75, 3.05) is 47.4 Å². The first kappa shape index (κ1) is 23.3. The Balaban J connectivity index is 1.16. The molecule has 2 aliphatic heterocycles. The normalized spacial score (nSPS) is 15.1. The summed E-state index contributed by atoms with van der Waals surface area (Å²) in [4.78, 5) is 29.5. The Kier molecular flexibility index (Phi) is 7.06. The van der Waals surface area contributed by atoms with Crippen LogP contribution in [0.4, 0.5) is 32.3 Å². The van der Waals surface area contributed by atoms with Gasteiger partial charge in [0.25, 0.3) is 0 Å². The van der Waals surface area contributed by atoms with Crippen LogP contribution in [-0.2, 0) is 0 Å². The highest BCUT2D eigenvalue weighted by atomic mass is 16.2. The maximum absolute atomic E-state index is 12.6. The van der Waals surface area contributed by atoms with Gasteiger partial charge in [-0.25, -0.2) is 9.59 Å². The quantitative estimate of drug-likeness (QED) is 0.288. The van der Waals surface area contributed by atoms with Crippen molar-refractivity contribution in [1.29, 1.82) is 0 Å². The number of rotatable bonds is 6. The van der Waals surface area contributed by atoms with E-state index in [0.29, 0.717) is 22.7 Å². The number of benzene rings is 3. The second-order valence-electron chi connectivity index (χ2n) is 8.44. The summed E-state index contributed by atoms with van der Waals surface area (Å²) in [5.74, 6) is 0.828. The van der Waals surface area contributed by atoms with E-state index in [-0.39, 0.29) is 18.2 Å². The van der Waals surface area contributed by atoms with Crippen LogP contribution in [0.15, 0.2) is 77.8 Å². The number of hydrogen-bond donors (Lipinski definition) is 7. The van der Waals surface area contributed by atoms with Crippen molar-refractivity contribution in [2.45, 2.75) is 6.17 Å². The van der Waals surface area contributed by atoms with Gasteiger partial charge in [0.15, 0.2) is 0 Å². The molecule has 10 heteroatoms. The Bertz CT molecular complexity index is 1290. The number of hydrogen-bond acceptors (Lipinski definition) is 6. The number of nitrogens with zero attached hydrogens (tertiary/aromatic N) is 1. The largest absolute Gasteiger partial charge is 0.368 e. The lowest BCUT2D eigenvalue weighted by Crippen LogP contribution is -2.23. The minimum Gasteiger partial charge on any atom is -0.368 e. The first-order valence-corrected chi connectivity index (χ1v) is 11.8. The molecule has 10 nitrogen and oxygen atoms in total. The minimum absolute atomic E-state index is 0.0827. The van der Waals surface area contributed by atoms with Crippen molar-refractivity contribution < 1.29 is 9.59 Å². The molecule has 0 spiro atoms. The molecule has 2 heterocycles. The van der Waals surface area contributed by atoms with Crippen LogP contribution in [0.1, 0.15) is 17.3 Å². The lowest BCUT2D eigenvalue weighted by Gasteiger charge is -2.14. The van der Waals surface area contributed by atoms with Crippen molar-refractivity contribution in [3.8, 4) is 0 Å². The molecule has 5 rings (SSSR count). The summed E-state index contributed by atoms with van der Waals surface area (Å²) in [6.45, 7) is 3.38. The molecule has 1 fully saturated rings. The third-order valence-corrected chi connectivity index (χ3v) is 5.75. The Hall–Kier alpha value is -4.41. The number of anilines is 4. The first-order chi connectivity index (χ1) is 17.6. The number of urea groups is 2. The van der Waals surface area contributed by atoms with E-state index in [1.165, 1.54) is 0 Å². The number of carbonyl (C=O) groups is 2. The zero-order chi connectivity index (χ0) is 24.7. The molecule has 1 saturated heterocycles. The molecule has 0 aromatic heterocycles. The summed E-state index contributed by atoms with van der Waals surface area (Å²) in [7, 11) is 0. The van der Waals surface area contributed by atoms with E-state index < -0.39 is 0 Å². The van der Waals surface area contributed by atoms with Crippen molar-refractivity contribution >= 4 is 40.6 Å². The molecule has 7 N–H and O–H groups in total. The van der Waals surface area contributed by atoms with Gasteiger partial charge in [-0.2, -0.15) is 0 Å². The lowest BCUT2D eigenvalue weighted by atomic mass is 10.1. The third kappa shape index (κ3) is 5.98. The number of nitrogens with one attached hydrogen (secondary N) is 7. The van der Waals surface area contributed by atoms with Gasteiger partial charge in [0.05, 0.1) is 12.7 Å². The highest BCUT2D eigenvalue weighted by Gasteiger charge is 2.15. The molecule has 0 unspecified atom stereocenters. The predicted octanol–water partition coefficient (Wildman–Crippen LogP) is 3.52. The maximum Gasteiger partial charge on any atom is 0.323 e. The van der Waals surface area contributed by atoms with Crippen LogP contribution in [0, 0.1) is 0 Å². The molecular weight excluding hydrogens is 456 g/mol. The summed E-state index contributed by atoms with van der Waals surface area (Å²) in [6.07, 6.45) is 0.0827. The summed E-state index contributed by atoms with van der Waals surface area (Å²) in [5, 5.41) is 21.2. The SMILES string of the molecule is O=C(Nc1cccc(NC(=O)Nc2cccc(C3NCCN3)c2)c1)Nc1cccc(C2=NCCN2)c1. The standard InChI is InChI=1S/C26H28N8O2/c35-25(31-19-6-1-4-17(14-19)23-27-10-11-28-23)33-21-8-3-9-22(16-21)34-26(36)32-20-7-2-5-18(15-20)24-29-12-13-30-24/h1-9,14-16,23,27-28H,10-13H2,(H,29,30)(H2,31,33,35)(H2,32,34,36). The fourth-order valence-electron chi connectivity index (χ4n) is 4.13. The second-order valence-corrected chi connectivity index (χ2v) is 8.44. The summed E-state index contributed by atoms with van der Waals surface area (Å²) in [6, 6.07) is 21.4. The zero-order valence-electron chi connectivity index (χ0n) is 19.6. The van der Waals surface area contributed by atoms with E-state index in [1.54, 1.807) is 24.3 Å². The fourth-order valence-corrected chi connectivity index (χ4v) is 4.13. The van der Waals surface area contributed by atoms with Crippen molar-refractivity contribution in [2.24, 2.45) is 4.99 Å². The first-order valence-electron chi connectivity index (χ1n) is 11.8. The van der Waals surface area contributed by atoms with Gasteiger partial charge >= 0.3 is 12.1 Å². The molecule has 0 radical (unpaired) electrons. The summed E-state index contributed by atoms with van der Waals surface area (Å²) < 4.78 is 0. The molecule has 0 bridgehead atoms. The van der Waals surface area contributed by atoms with Crippen LogP contribution in [0.25, 0.3) is 0 Å². The van der Waals surface area contributed by atoms with E-state index in [9.17, 15) is 9.59 Å². The Morgan fingerprint density at radius 2 is 1.25 bits per heavy atom. The highest BCUT2D eigenvalue weighted by Crippen LogP contribution is 2.20. The zero-order valence-corrected chi connectivity index (χ0v) is 19.6. The van der Waals surface area contributed by atoms with E-state index >= 15 is 0 Å². The van der Waals surface area contributed by atoms with E-state index in [4.69, 9.17) is 0 Å². The molecule has 4 amide bonds. The van der Waals surface area contributed by atoms with E-state index in [1.807, 2.05) is 48.5 Å². The topological polar surface area (TPSA) is 131 Å². The van der Waals surface area contributed by atoms with Gasteiger partial charge in [-0.05, 0) is 48.0 Å². The Labute approximate surface area is 209 Å². The average molecular weight is 485 g/mol. The van der Waals surface area contributed by atoms with Crippen LogP contribution in [0.2, 0.25) is 0 Å². The van der Waals surface area contributed by atoms with Gasteiger partial charge < -0.3 is 26.6 Å². The van der Waals surface area contributed by atoms with Gasteiger partial charge in [0.1, 0.15) is 5.84 Å². The lowest BCUT2D eigenvalue weighted by molar-refractivity contribution is 0.261. The predicted molar refractivity (Wildman–Crippen MR) is 143 cm³/mol. The number of amidine groups is 1. The van der Waals surface area contributed by atoms with Gasteiger partial charge in [0, 0.05) is 47.9 Å². The maximum atomic E-state index is 12.6. The summed E-state index contributed by atoms with van der Waals surface area (Å²) in [5.41, 5.74) is 4.41. The Morgan fingerprint density at radius 3 is 1.86 bits per heavy atom. The molecule has 3 aromatic rings. The van der Waals surface area contributed by atoms with Crippen LogP contribution in [0.3, 0.4) is 0 Å². The van der Waals surface area contributed by atoms with Gasteiger partial charge in [-0.3, -0.25) is 15.6 Å². The fraction of sp³-hybridized carbons (Fsp3) is 0.192. The van der Waals surface area contributed by atoms with E-state index in [0.717, 1.165) is 43.1 Å². The third-order valence-electron chi connectivity index (χ3n) is 5.75. The van der Waals surface area contributed by atoms with Crippen molar-refractivity contribution in [3.05, 3.63) is 83.9 Å². The number of aliphatic imine (C=N–C) groups is 1. The van der Waals surface area contributed by atoms with Gasteiger partial charge in [-0.15, -0.1) is 0 Å². The molecule has 0 saturated carbocycles. The smallest absolute Gasteiger partial charge is 0.323 e. The average Bonchev–Trinajstić information content (AvgIpc) is 3.59. The second kappa shape index (κ2) is 10.9. The van der Waals surface area contributed by atoms with Crippen LogP contribution < -0.4 is 37.2 Å². The molecular formula is C26H28N8O2. The summed E-state index contributed by atoms with van der Waals surface area (Å²) >= 11 is 0. The molecule has 3 aromatic carbocycles. The number of carbonyl (C=O) groups excluding carboxylic acids is 2. The van der Waals surface area contributed by atoms with Crippen molar-refractivity contribution in [1.82, 2.24) is 16.0 Å². The monoisotopic (exact) mass is 484 g/mol. The van der Waals surface area contributed by atoms with Gasteiger partial charge in [-0.1, -0.05) is 30.3 Å². The van der Waals surface area contributed by atoms with Gasteiger partial charge in [0.2, 0.25) is 0 Å². The molecule has 0 aliphatic carbocycles. The molecule has 184 valence electrons. The Morgan fingerprint density at radius 1 is 0.694 bits per heavy atom. The van der Waals surface area contributed by atoms with Crippen LogP contribution >= 0.6 is 0 Å².